The number of likely N-dealkylation sites (tertiary alicyclic amines) is 1. The van der Waals surface area contributed by atoms with Crippen molar-refractivity contribution in [2.75, 3.05) is 13.1 Å². The Morgan fingerprint density at radius 1 is 1.42 bits per heavy atom. The minimum atomic E-state index is -1.02. The number of hydrogen-bond acceptors (Lipinski definition) is 4. The molecule has 1 aliphatic rings. The van der Waals surface area contributed by atoms with E-state index in [9.17, 15) is 9.90 Å². The average molecular weight is 272 g/mol. The van der Waals surface area contributed by atoms with E-state index in [1.165, 1.54) is 0 Å². The molecule has 5 heteroatoms. The minimum absolute atomic E-state index is 0.160. The van der Waals surface area contributed by atoms with Crippen molar-refractivity contribution in [3.05, 3.63) is 0 Å². The summed E-state index contributed by atoms with van der Waals surface area (Å²) in [6, 6.07) is -0.244. The van der Waals surface area contributed by atoms with Gasteiger partial charge in [0.15, 0.2) is 0 Å². The highest BCUT2D eigenvalue weighted by Crippen LogP contribution is 2.29. The van der Waals surface area contributed by atoms with Gasteiger partial charge in [0.05, 0.1) is 11.6 Å². The van der Waals surface area contributed by atoms with Gasteiger partial charge in [0.1, 0.15) is 5.60 Å². The van der Waals surface area contributed by atoms with Gasteiger partial charge in [0.25, 0.3) is 0 Å². The van der Waals surface area contributed by atoms with Crippen LogP contribution in [0.25, 0.3) is 0 Å². The fraction of sp³-hybridized carbons (Fsp3) is 0.929. The fourth-order valence-corrected chi connectivity index (χ4v) is 2.55. The number of amides is 1. The molecule has 1 fully saturated rings. The molecule has 112 valence electrons. The number of aliphatic hydroxyl groups is 1. The Labute approximate surface area is 116 Å². The van der Waals surface area contributed by atoms with Gasteiger partial charge in [-0.25, -0.2) is 4.79 Å². The third kappa shape index (κ3) is 4.08. The second kappa shape index (κ2) is 6.09. The SMILES string of the molecule is CC[C@@](O)(CN)[C@@H]1CCCCN1C(=O)OC(C)(C)C. The summed E-state index contributed by atoms with van der Waals surface area (Å²) in [5.41, 5.74) is 4.17. The quantitative estimate of drug-likeness (QED) is 0.822. The predicted molar refractivity (Wildman–Crippen MR) is 74.9 cm³/mol. The van der Waals surface area contributed by atoms with E-state index in [1.807, 2.05) is 27.7 Å². The van der Waals surface area contributed by atoms with E-state index < -0.39 is 11.2 Å². The molecule has 1 heterocycles. The summed E-state index contributed by atoms with van der Waals surface area (Å²) in [6.07, 6.45) is 2.92. The first-order valence-corrected chi connectivity index (χ1v) is 7.15. The maximum atomic E-state index is 12.3. The highest BCUT2D eigenvalue weighted by molar-refractivity contribution is 5.69. The first kappa shape index (κ1) is 16.2. The minimum Gasteiger partial charge on any atom is -0.444 e. The maximum absolute atomic E-state index is 12.3. The molecule has 0 aromatic rings. The fourth-order valence-electron chi connectivity index (χ4n) is 2.55. The molecule has 0 spiro atoms. The number of nitrogens with zero attached hydrogens (tertiary/aromatic N) is 1. The van der Waals surface area contributed by atoms with Gasteiger partial charge in [-0.2, -0.15) is 0 Å². The van der Waals surface area contributed by atoms with Crippen LogP contribution in [-0.4, -0.2) is 46.4 Å². The molecule has 0 saturated carbocycles. The van der Waals surface area contributed by atoms with Gasteiger partial charge in [-0.1, -0.05) is 6.92 Å². The molecular weight excluding hydrogens is 244 g/mol. The lowest BCUT2D eigenvalue weighted by molar-refractivity contribution is -0.0654. The Balaban J connectivity index is 2.86. The Morgan fingerprint density at radius 3 is 2.53 bits per heavy atom. The molecule has 3 N–H and O–H groups in total. The van der Waals surface area contributed by atoms with Gasteiger partial charge < -0.3 is 20.5 Å². The summed E-state index contributed by atoms with van der Waals surface area (Å²) in [5, 5.41) is 10.6. The average Bonchev–Trinajstić information content (AvgIpc) is 2.36. The molecule has 1 amide bonds. The second-order valence-corrected chi connectivity index (χ2v) is 6.35. The summed E-state index contributed by atoms with van der Waals surface area (Å²) < 4.78 is 5.43. The standard InChI is InChI=1S/C14H28N2O3/c1-5-14(18,10-15)11-8-6-7-9-16(11)12(17)19-13(2,3)4/h11,18H,5-10,15H2,1-4H3/t11-,14+/m0/s1. The van der Waals surface area contributed by atoms with Crippen LogP contribution < -0.4 is 5.73 Å². The molecule has 2 atom stereocenters. The van der Waals surface area contributed by atoms with Crippen LogP contribution in [0.2, 0.25) is 0 Å². The molecule has 0 radical (unpaired) electrons. The van der Waals surface area contributed by atoms with Crippen molar-refractivity contribution in [1.29, 1.82) is 0 Å². The number of nitrogens with two attached hydrogens (primary N) is 1. The number of piperidine rings is 1. The number of hydrogen-bond donors (Lipinski definition) is 2. The summed E-state index contributed by atoms with van der Waals surface area (Å²) in [4.78, 5) is 13.9. The summed E-state index contributed by atoms with van der Waals surface area (Å²) in [7, 11) is 0. The van der Waals surface area contributed by atoms with Gasteiger partial charge in [0, 0.05) is 13.1 Å². The number of ether oxygens (including phenoxy) is 1. The molecule has 0 unspecified atom stereocenters. The van der Waals surface area contributed by atoms with Gasteiger partial charge in [-0.3, -0.25) is 0 Å². The third-order valence-corrected chi connectivity index (χ3v) is 3.72. The van der Waals surface area contributed by atoms with Crippen LogP contribution >= 0.6 is 0 Å². The Kier molecular flexibility index (Phi) is 5.21. The van der Waals surface area contributed by atoms with Crippen LogP contribution in [0.3, 0.4) is 0 Å². The lowest BCUT2D eigenvalue weighted by atomic mass is 9.84. The summed E-state index contributed by atoms with van der Waals surface area (Å²) in [5.74, 6) is 0. The van der Waals surface area contributed by atoms with E-state index in [0.717, 1.165) is 19.3 Å². The molecule has 0 aromatic heterocycles. The van der Waals surface area contributed by atoms with E-state index in [-0.39, 0.29) is 18.7 Å². The van der Waals surface area contributed by atoms with E-state index in [1.54, 1.807) is 4.90 Å². The predicted octanol–water partition coefficient (Wildman–Crippen LogP) is 1.88. The van der Waals surface area contributed by atoms with Gasteiger partial charge >= 0.3 is 6.09 Å². The van der Waals surface area contributed by atoms with Crippen LogP contribution in [0.5, 0.6) is 0 Å². The highest BCUT2D eigenvalue weighted by atomic mass is 16.6. The van der Waals surface area contributed by atoms with E-state index in [2.05, 4.69) is 0 Å². The lowest BCUT2D eigenvalue weighted by Crippen LogP contribution is -2.60. The van der Waals surface area contributed by atoms with Crippen molar-refractivity contribution < 1.29 is 14.6 Å². The first-order chi connectivity index (χ1) is 8.73. The van der Waals surface area contributed by atoms with Crippen LogP contribution in [0.1, 0.15) is 53.4 Å². The molecule has 0 aromatic carbocycles. The smallest absolute Gasteiger partial charge is 0.410 e. The van der Waals surface area contributed by atoms with Crippen LogP contribution in [0.15, 0.2) is 0 Å². The van der Waals surface area contributed by atoms with Gasteiger partial charge in [0.2, 0.25) is 0 Å². The topological polar surface area (TPSA) is 75.8 Å². The molecule has 1 saturated heterocycles. The normalized spacial score (nSPS) is 23.9. The molecular formula is C14H28N2O3. The van der Waals surface area contributed by atoms with E-state index >= 15 is 0 Å². The van der Waals surface area contributed by atoms with E-state index in [0.29, 0.717) is 13.0 Å². The maximum Gasteiger partial charge on any atom is 0.410 e. The summed E-state index contributed by atoms with van der Waals surface area (Å²) in [6.45, 7) is 8.22. The molecule has 1 rings (SSSR count). The number of rotatable bonds is 3. The number of carbonyl (C=O) groups excluding carboxylic acids is 1. The molecule has 0 bridgehead atoms. The molecule has 5 nitrogen and oxygen atoms in total. The lowest BCUT2D eigenvalue weighted by Gasteiger charge is -2.44. The molecule has 19 heavy (non-hydrogen) atoms. The zero-order chi connectivity index (χ0) is 14.7. The van der Waals surface area contributed by atoms with Crippen molar-refractivity contribution in [2.45, 2.75) is 70.6 Å². The monoisotopic (exact) mass is 272 g/mol. The molecule has 1 aliphatic heterocycles. The first-order valence-electron chi connectivity index (χ1n) is 7.15. The number of carbonyl (C=O) groups is 1. The van der Waals surface area contributed by atoms with Gasteiger partial charge in [-0.05, 0) is 46.5 Å². The Morgan fingerprint density at radius 2 is 2.05 bits per heavy atom. The van der Waals surface area contributed by atoms with Crippen LogP contribution in [-0.2, 0) is 4.74 Å². The van der Waals surface area contributed by atoms with Crippen molar-refractivity contribution >= 4 is 6.09 Å². The zero-order valence-electron chi connectivity index (χ0n) is 12.6. The van der Waals surface area contributed by atoms with Crippen molar-refractivity contribution in [1.82, 2.24) is 4.90 Å². The molecule has 0 aliphatic carbocycles. The third-order valence-electron chi connectivity index (χ3n) is 3.72. The second-order valence-electron chi connectivity index (χ2n) is 6.35. The van der Waals surface area contributed by atoms with Gasteiger partial charge in [-0.15, -0.1) is 0 Å². The largest absolute Gasteiger partial charge is 0.444 e. The summed E-state index contributed by atoms with van der Waals surface area (Å²) >= 11 is 0. The Hall–Kier alpha value is -0.810. The van der Waals surface area contributed by atoms with Crippen LogP contribution in [0, 0.1) is 0 Å². The highest BCUT2D eigenvalue weighted by Gasteiger charge is 2.42. The van der Waals surface area contributed by atoms with Crippen LogP contribution in [0.4, 0.5) is 4.79 Å². The Bertz CT molecular complexity index is 308. The zero-order valence-corrected chi connectivity index (χ0v) is 12.6. The van der Waals surface area contributed by atoms with Crippen molar-refractivity contribution in [2.24, 2.45) is 5.73 Å². The van der Waals surface area contributed by atoms with Crippen molar-refractivity contribution in [3.8, 4) is 0 Å². The van der Waals surface area contributed by atoms with Crippen molar-refractivity contribution in [3.63, 3.8) is 0 Å². The van der Waals surface area contributed by atoms with E-state index in [4.69, 9.17) is 10.5 Å².